The second-order valence-electron chi connectivity index (χ2n) is 7.36. The summed E-state index contributed by atoms with van der Waals surface area (Å²) >= 11 is 0. The van der Waals surface area contributed by atoms with Crippen molar-refractivity contribution in [2.45, 2.75) is 43.9 Å². The van der Waals surface area contributed by atoms with E-state index in [4.69, 9.17) is 0 Å². The van der Waals surface area contributed by atoms with Crippen molar-refractivity contribution in [3.05, 3.63) is 23.3 Å². The van der Waals surface area contributed by atoms with Gasteiger partial charge in [0.1, 0.15) is 17.1 Å². The summed E-state index contributed by atoms with van der Waals surface area (Å²) in [6, 6.07) is 2.72. The van der Waals surface area contributed by atoms with Crippen molar-refractivity contribution < 1.29 is 20.1 Å². The summed E-state index contributed by atoms with van der Waals surface area (Å²) in [5, 5.41) is 30.0. The van der Waals surface area contributed by atoms with Crippen molar-refractivity contribution in [3.63, 3.8) is 0 Å². The van der Waals surface area contributed by atoms with E-state index in [1.54, 1.807) is 0 Å². The molecule has 0 amide bonds. The molecule has 0 radical (unpaired) electrons. The Morgan fingerprint density at radius 3 is 2.00 bits per heavy atom. The summed E-state index contributed by atoms with van der Waals surface area (Å²) in [6.07, 6.45) is 6.72. The molecule has 0 aromatic heterocycles. The third-order valence-corrected chi connectivity index (χ3v) is 5.95. The molecule has 0 aliphatic heterocycles. The first-order valence-corrected chi connectivity index (χ1v) is 7.77. The lowest BCUT2D eigenvalue weighted by Gasteiger charge is -2.57. The highest BCUT2D eigenvalue weighted by molar-refractivity contribution is 5.92. The summed E-state index contributed by atoms with van der Waals surface area (Å²) in [5.41, 5.74) is 0.189. The highest BCUT2D eigenvalue weighted by Crippen LogP contribution is 2.63. The average Bonchev–Trinajstić information content (AvgIpc) is 2.35. The van der Waals surface area contributed by atoms with Gasteiger partial charge in [-0.15, -0.1) is 0 Å². The molecule has 0 atom stereocenters. The first kappa shape index (κ1) is 13.0. The molecule has 0 heterocycles. The van der Waals surface area contributed by atoms with Crippen LogP contribution in [-0.2, 0) is 5.41 Å². The van der Waals surface area contributed by atoms with Gasteiger partial charge in [0.25, 0.3) is 0 Å². The van der Waals surface area contributed by atoms with Crippen molar-refractivity contribution in [1.82, 2.24) is 0 Å². The molecule has 4 aliphatic rings. The Bertz CT molecular complexity index is 584. The minimum atomic E-state index is -1.14. The molecule has 4 bridgehead atoms. The van der Waals surface area contributed by atoms with Gasteiger partial charge < -0.3 is 15.3 Å². The van der Waals surface area contributed by atoms with E-state index in [1.807, 2.05) is 0 Å². The maximum absolute atomic E-state index is 11.3. The second-order valence-corrected chi connectivity index (χ2v) is 7.36. The normalized spacial score (nSPS) is 36.9. The fraction of sp³-hybridized carbons (Fsp3) is 0.588. The van der Waals surface area contributed by atoms with E-state index >= 15 is 0 Å². The van der Waals surface area contributed by atoms with Crippen LogP contribution in [0.1, 0.15) is 54.4 Å². The minimum Gasteiger partial charge on any atom is -0.508 e. The molecule has 5 rings (SSSR count). The predicted octanol–water partition coefficient (Wildman–Crippen LogP) is 3.26. The third-order valence-electron chi connectivity index (χ3n) is 5.95. The summed E-state index contributed by atoms with van der Waals surface area (Å²) in [7, 11) is 0. The molecule has 21 heavy (non-hydrogen) atoms. The van der Waals surface area contributed by atoms with Gasteiger partial charge in [0.2, 0.25) is 0 Å². The maximum Gasteiger partial charge on any atom is 0.339 e. The van der Waals surface area contributed by atoms with E-state index < -0.39 is 5.97 Å². The molecule has 4 fully saturated rings. The lowest BCUT2D eigenvalue weighted by atomic mass is 9.48. The Balaban J connectivity index is 1.86. The zero-order chi connectivity index (χ0) is 14.8. The number of carboxylic acids is 1. The lowest BCUT2D eigenvalue weighted by Crippen LogP contribution is -2.48. The highest BCUT2D eigenvalue weighted by Gasteiger charge is 2.53. The molecule has 1 aromatic rings. The monoisotopic (exact) mass is 288 g/mol. The zero-order valence-electron chi connectivity index (χ0n) is 11.9. The first-order valence-electron chi connectivity index (χ1n) is 7.77. The number of aromatic carboxylic acids is 1. The number of hydrogen-bond acceptors (Lipinski definition) is 3. The maximum atomic E-state index is 11.3. The van der Waals surface area contributed by atoms with Gasteiger partial charge in [-0.25, -0.2) is 4.79 Å². The van der Waals surface area contributed by atoms with Crippen LogP contribution in [0.2, 0.25) is 0 Å². The fourth-order valence-corrected chi connectivity index (χ4v) is 5.69. The van der Waals surface area contributed by atoms with Gasteiger partial charge >= 0.3 is 5.97 Å². The van der Waals surface area contributed by atoms with Crippen LogP contribution in [0.4, 0.5) is 0 Å². The van der Waals surface area contributed by atoms with Gasteiger partial charge in [-0.2, -0.15) is 0 Å². The molecule has 4 aliphatic carbocycles. The predicted molar refractivity (Wildman–Crippen MR) is 76.6 cm³/mol. The molecule has 112 valence electrons. The van der Waals surface area contributed by atoms with Gasteiger partial charge in [-0.1, -0.05) is 0 Å². The van der Waals surface area contributed by atoms with Crippen molar-refractivity contribution in [2.75, 3.05) is 0 Å². The van der Waals surface area contributed by atoms with Crippen molar-refractivity contribution >= 4 is 5.97 Å². The van der Waals surface area contributed by atoms with Crippen LogP contribution in [0, 0.1) is 17.8 Å². The van der Waals surface area contributed by atoms with Gasteiger partial charge in [0, 0.05) is 11.0 Å². The Morgan fingerprint density at radius 2 is 1.52 bits per heavy atom. The second kappa shape index (κ2) is 4.15. The van der Waals surface area contributed by atoms with Crippen molar-refractivity contribution in [1.29, 1.82) is 0 Å². The summed E-state index contributed by atoms with van der Waals surface area (Å²) in [5.74, 6) is 0.706. The highest BCUT2D eigenvalue weighted by atomic mass is 16.4. The first-order chi connectivity index (χ1) is 9.98. The van der Waals surface area contributed by atoms with Gasteiger partial charge in [-0.3, -0.25) is 0 Å². The molecule has 4 nitrogen and oxygen atoms in total. The van der Waals surface area contributed by atoms with Crippen LogP contribution in [0.3, 0.4) is 0 Å². The molecule has 3 N–H and O–H groups in total. The number of carbonyl (C=O) groups is 1. The zero-order valence-corrected chi connectivity index (χ0v) is 11.9. The average molecular weight is 288 g/mol. The molecule has 1 aromatic carbocycles. The van der Waals surface area contributed by atoms with E-state index in [1.165, 1.54) is 31.4 Å². The SMILES string of the molecule is O=C(O)c1ccc(O)c(C23CC4CC(CC(C4)C2)C3)c1O. The van der Waals surface area contributed by atoms with Crippen LogP contribution < -0.4 is 0 Å². The van der Waals surface area contributed by atoms with Gasteiger partial charge in [-0.05, 0) is 68.4 Å². The smallest absolute Gasteiger partial charge is 0.339 e. The minimum absolute atomic E-state index is 0.0550. The number of hydrogen-bond donors (Lipinski definition) is 3. The molecule has 0 saturated heterocycles. The molecular weight excluding hydrogens is 268 g/mol. The van der Waals surface area contributed by atoms with E-state index in [9.17, 15) is 20.1 Å². The van der Waals surface area contributed by atoms with Crippen LogP contribution in [0.5, 0.6) is 11.5 Å². The quantitative estimate of drug-likeness (QED) is 0.780. The Morgan fingerprint density at radius 1 is 1.00 bits per heavy atom. The van der Waals surface area contributed by atoms with Gasteiger partial charge in [0.15, 0.2) is 0 Å². The number of aromatic hydroxyl groups is 2. The van der Waals surface area contributed by atoms with Crippen LogP contribution >= 0.6 is 0 Å². The number of carboxylic acid groups (broad SMARTS) is 1. The number of rotatable bonds is 2. The lowest BCUT2D eigenvalue weighted by molar-refractivity contribution is -0.00716. The topological polar surface area (TPSA) is 77.8 Å². The Kier molecular flexibility index (Phi) is 2.57. The Hall–Kier alpha value is -1.71. The van der Waals surface area contributed by atoms with Crippen LogP contribution in [0.15, 0.2) is 12.1 Å². The molecule has 4 heteroatoms. The third kappa shape index (κ3) is 1.78. The Labute approximate surface area is 123 Å². The number of benzene rings is 1. The number of phenolic OH excluding ortho intramolecular Hbond substituents is 1. The van der Waals surface area contributed by atoms with Crippen molar-refractivity contribution in [2.24, 2.45) is 17.8 Å². The largest absolute Gasteiger partial charge is 0.508 e. The van der Waals surface area contributed by atoms with Crippen LogP contribution in [0.25, 0.3) is 0 Å². The van der Waals surface area contributed by atoms with E-state index in [2.05, 4.69) is 0 Å². The molecule has 0 unspecified atom stereocenters. The van der Waals surface area contributed by atoms with E-state index in [0.717, 1.165) is 19.3 Å². The number of phenols is 2. The molecular formula is C17H20O4. The summed E-state index contributed by atoms with van der Waals surface area (Å²) in [4.78, 5) is 11.3. The fourth-order valence-electron chi connectivity index (χ4n) is 5.69. The molecule has 4 saturated carbocycles. The van der Waals surface area contributed by atoms with E-state index in [-0.39, 0.29) is 22.5 Å². The van der Waals surface area contributed by atoms with E-state index in [0.29, 0.717) is 23.3 Å². The summed E-state index contributed by atoms with van der Waals surface area (Å²) in [6.45, 7) is 0. The van der Waals surface area contributed by atoms with Crippen molar-refractivity contribution in [3.8, 4) is 11.5 Å². The summed E-state index contributed by atoms with van der Waals surface area (Å²) < 4.78 is 0. The standard InChI is InChI=1S/C17H20O4/c18-13-2-1-12(16(20)21)15(19)14(13)17-6-9-3-10(7-17)5-11(4-9)8-17/h1-2,9-11,18-19H,3-8H2,(H,20,21). The van der Waals surface area contributed by atoms with Crippen LogP contribution in [-0.4, -0.2) is 21.3 Å². The molecule has 0 spiro atoms. The van der Waals surface area contributed by atoms with Gasteiger partial charge in [0.05, 0.1) is 0 Å².